The van der Waals surface area contributed by atoms with Crippen LogP contribution in [-0.2, 0) is 16.0 Å². The van der Waals surface area contributed by atoms with E-state index in [0.29, 0.717) is 38.9 Å². The number of nitrogens with zero attached hydrogens (tertiary/aromatic N) is 1. The molecule has 9 nitrogen and oxygen atoms in total. The molecule has 0 spiro atoms. The normalized spacial score (nSPS) is 12.0. The molecule has 0 bridgehead atoms. The molecule has 182 valence electrons. The molecule has 0 saturated heterocycles. The number of nitrogens with one attached hydrogen (secondary N) is 2. The second-order valence-corrected chi connectivity index (χ2v) is 9.53. The molecule has 1 atom stereocenters. The van der Waals surface area contributed by atoms with Crippen LogP contribution in [0.4, 0.5) is 14.4 Å². The summed E-state index contributed by atoms with van der Waals surface area (Å²) in [5.74, 6) is 0. The maximum absolute atomic E-state index is 12.7. The van der Waals surface area contributed by atoms with E-state index in [1.54, 1.807) is 37.0 Å². The number of carboxylic acid groups (broad SMARTS) is 1. The summed E-state index contributed by atoms with van der Waals surface area (Å²) in [6.07, 6.45) is 1.53. The third-order valence-corrected chi connectivity index (χ3v) is 5.21. The molecule has 0 unspecified atom stereocenters. The average Bonchev–Trinajstić information content (AvgIpc) is 3.20. The Labute approximate surface area is 194 Å². The number of carbonyl (C=O) groups is 3. The second kappa shape index (κ2) is 14.5. The van der Waals surface area contributed by atoms with Crippen LogP contribution in [0.5, 0.6) is 0 Å². The highest BCUT2D eigenvalue weighted by molar-refractivity contribution is 7.09. The molecular formula is C22H37N3O6S. The Morgan fingerprint density at radius 1 is 1.22 bits per heavy atom. The maximum atomic E-state index is 12.7. The average molecular weight is 472 g/mol. The predicted molar refractivity (Wildman–Crippen MR) is 124 cm³/mol. The summed E-state index contributed by atoms with van der Waals surface area (Å²) in [5.41, 5.74) is -0.644. The molecule has 0 fully saturated rings. The van der Waals surface area contributed by atoms with Crippen LogP contribution < -0.4 is 10.6 Å². The molecule has 10 heteroatoms. The van der Waals surface area contributed by atoms with Crippen molar-refractivity contribution in [2.45, 2.75) is 78.0 Å². The Morgan fingerprint density at radius 3 is 2.56 bits per heavy atom. The number of hydrogen-bond donors (Lipinski definition) is 3. The quantitative estimate of drug-likeness (QED) is 0.355. The summed E-state index contributed by atoms with van der Waals surface area (Å²) in [5, 5.41) is 15.7. The van der Waals surface area contributed by atoms with Gasteiger partial charge in [0.15, 0.2) is 0 Å². The Bertz CT molecular complexity index is 690. The van der Waals surface area contributed by atoms with E-state index in [-0.39, 0.29) is 6.61 Å². The lowest BCUT2D eigenvalue weighted by atomic mass is 10.1. The van der Waals surface area contributed by atoms with Crippen LogP contribution in [0.1, 0.15) is 64.7 Å². The number of amides is 3. The van der Waals surface area contributed by atoms with Gasteiger partial charge in [0.1, 0.15) is 12.2 Å². The van der Waals surface area contributed by atoms with Crippen molar-refractivity contribution in [1.82, 2.24) is 15.5 Å². The zero-order chi connectivity index (χ0) is 24.0. The van der Waals surface area contributed by atoms with Gasteiger partial charge in [-0.15, -0.1) is 11.3 Å². The molecule has 3 amide bonds. The molecule has 1 heterocycles. The number of carbonyl (C=O) groups excluding carboxylic acids is 2. The summed E-state index contributed by atoms with van der Waals surface area (Å²) in [6.45, 7) is 8.80. The van der Waals surface area contributed by atoms with Gasteiger partial charge in [-0.05, 0) is 57.9 Å². The van der Waals surface area contributed by atoms with Gasteiger partial charge in [0, 0.05) is 18.0 Å². The van der Waals surface area contributed by atoms with Gasteiger partial charge >= 0.3 is 18.3 Å². The predicted octanol–water partition coefficient (Wildman–Crippen LogP) is 4.82. The number of unbranched alkanes of at least 4 members (excludes halogenated alkanes) is 2. The third kappa shape index (κ3) is 13.0. The Balaban J connectivity index is 2.65. The number of ether oxygens (including phenoxy) is 2. The van der Waals surface area contributed by atoms with Gasteiger partial charge in [-0.3, -0.25) is 0 Å². The molecule has 0 aliphatic carbocycles. The fourth-order valence-electron chi connectivity index (χ4n) is 2.82. The minimum absolute atomic E-state index is 0.0114. The van der Waals surface area contributed by atoms with Crippen molar-refractivity contribution in [2.24, 2.45) is 0 Å². The summed E-state index contributed by atoms with van der Waals surface area (Å²) in [7, 11) is 0. The number of alkyl carbamates (subject to hydrolysis) is 1. The van der Waals surface area contributed by atoms with E-state index < -0.39 is 29.9 Å². The smallest absolute Gasteiger partial charge is 0.410 e. The topological polar surface area (TPSA) is 117 Å². The van der Waals surface area contributed by atoms with E-state index in [4.69, 9.17) is 14.6 Å². The zero-order valence-corrected chi connectivity index (χ0v) is 20.3. The van der Waals surface area contributed by atoms with Crippen LogP contribution >= 0.6 is 11.3 Å². The Morgan fingerprint density at radius 2 is 1.97 bits per heavy atom. The first kappa shape index (κ1) is 27.5. The van der Waals surface area contributed by atoms with Crippen LogP contribution in [0.25, 0.3) is 0 Å². The van der Waals surface area contributed by atoms with Crippen molar-refractivity contribution in [2.75, 3.05) is 19.7 Å². The maximum Gasteiger partial charge on any atom is 0.410 e. The highest BCUT2D eigenvalue weighted by atomic mass is 32.1. The lowest BCUT2D eigenvalue weighted by molar-refractivity contribution is 0.0444. The fraction of sp³-hybridized carbons (Fsp3) is 0.682. The van der Waals surface area contributed by atoms with E-state index >= 15 is 0 Å². The van der Waals surface area contributed by atoms with E-state index in [9.17, 15) is 14.4 Å². The molecule has 1 aromatic rings. The Hall–Kier alpha value is -2.49. The van der Waals surface area contributed by atoms with Crippen LogP contribution in [0.3, 0.4) is 0 Å². The molecule has 32 heavy (non-hydrogen) atoms. The monoisotopic (exact) mass is 471 g/mol. The van der Waals surface area contributed by atoms with Gasteiger partial charge in [0.25, 0.3) is 0 Å². The van der Waals surface area contributed by atoms with Crippen molar-refractivity contribution in [1.29, 1.82) is 0 Å². The molecule has 0 aliphatic heterocycles. The van der Waals surface area contributed by atoms with Gasteiger partial charge < -0.3 is 30.1 Å². The highest BCUT2D eigenvalue weighted by Crippen LogP contribution is 2.14. The SMILES string of the molecule is CCCCN(Cc1cccs1)C(=O)OC[C@H](CCCCNC(=O)O)NC(=O)OC(C)(C)C. The number of hydrogen-bond acceptors (Lipinski definition) is 6. The van der Waals surface area contributed by atoms with Crippen LogP contribution in [-0.4, -0.2) is 59.6 Å². The van der Waals surface area contributed by atoms with Crippen molar-refractivity contribution in [3.8, 4) is 0 Å². The molecule has 0 saturated carbocycles. The molecule has 3 N–H and O–H groups in total. The second-order valence-electron chi connectivity index (χ2n) is 8.50. The van der Waals surface area contributed by atoms with Crippen molar-refractivity contribution in [3.05, 3.63) is 22.4 Å². The summed E-state index contributed by atoms with van der Waals surface area (Å²) in [4.78, 5) is 38.3. The van der Waals surface area contributed by atoms with E-state index in [1.165, 1.54) is 0 Å². The van der Waals surface area contributed by atoms with Gasteiger partial charge in [-0.2, -0.15) is 0 Å². The highest BCUT2D eigenvalue weighted by Gasteiger charge is 2.22. The first-order chi connectivity index (χ1) is 15.1. The minimum atomic E-state index is -1.07. The molecule has 0 radical (unpaired) electrons. The van der Waals surface area contributed by atoms with Gasteiger partial charge in [-0.25, -0.2) is 14.4 Å². The largest absolute Gasteiger partial charge is 0.465 e. The van der Waals surface area contributed by atoms with Crippen LogP contribution in [0, 0.1) is 0 Å². The molecular weight excluding hydrogens is 434 g/mol. The summed E-state index contributed by atoms with van der Waals surface area (Å²) in [6, 6.07) is 3.49. The van der Waals surface area contributed by atoms with Crippen LogP contribution in [0.2, 0.25) is 0 Å². The van der Waals surface area contributed by atoms with Crippen molar-refractivity contribution >= 4 is 29.6 Å². The van der Waals surface area contributed by atoms with Crippen molar-refractivity contribution < 1.29 is 29.0 Å². The van der Waals surface area contributed by atoms with E-state index in [1.807, 2.05) is 17.5 Å². The standard InChI is InChI=1S/C22H37N3O6S/c1-5-6-13-25(15-18-11-9-14-32-18)21(29)30-16-17(10-7-8-12-23-19(26)27)24-20(28)31-22(2,3)4/h9,11,14,17,23H,5-8,10,12-13,15-16H2,1-4H3,(H,24,28)(H,26,27)/t17-/m0/s1. The number of thiophene rings is 1. The van der Waals surface area contributed by atoms with E-state index in [0.717, 1.165) is 17.7 Å². The van der Waals surface area contributed by atoms with Gasteiger partial charge in [-0.1, -0.05) is 19.4 Å². The minimum Gasteiger partial charge on any atom is -0.465 e. The van der Waals surface area contributed by atoms with Gasteiger partial charge in [0.05, 0.1) is 12.6 Å². The molecule has 1 aromatic heterocycles. The Kier molecular flexibility index (Phi) is 12.5. The van der Waals surface area contributed by atoms with E-state index in [2.05, 4.69) is 17.6 Å². The summed E-state index contributed by atoms with van der Waals surface area (Å²) < 4.78 is 10.9. The van der Waals surface area contributed by atoms with Crippen LogP contribution in [0.15, 0.2) is 17.5 Å². The summed E-state index contributed by atoms with van der Waals surface area (Å²) >= 11 is 1.59. The first-order valence-electron chi connectivity index (χ1n) is 11.0. The molecule has 1 rings (SSSR count). The molecule has 0 aliphatic rings. The lowest BCUT2D eigenvalue weighted by Gasteiger charge is -2.25. The van der Waals surface area contributed by atoms with Crippen molar-refractivity contribution in [3.63, 3.8) is 0 Å². The number of rotatable bonds is 13. The molecule has 0 aromatic carbocycles. The lowest BCUT2D eigenvalue weighted by Crippen LogP contribution is -2.43. The first-order valence-corrected chi connectivity index (χ1v) is 11.9. The van der Waals surface area contributed by atoms with Gasteiger partial charge in [0.2, 0.25) is 0 Å². The third-order valence-electron chi connectivity index (χ3n) is 4.35. The zero-order valence-electron chi connectivity index (χ0n) is 19.5. The fourth-order valence-corrected chi connectivity index (χ4v) is 3.54.